The normalized spacial score (nSPS) is 16.9. The molecule has 8 heteroatoms. The third kappa shape index (κ3) is 4.16. The average molecular weight is 400 g/mol. The summed E-state index contributed by atoms with van der Waals surface area (Å²) in [5.74, 6) is 0.159. The first-order chi connectivity index (χ1) is 13.6. The van der Waals surface area contributed by atoms with E-state index in [-0.39, 0.29) is 5.91 Å². The van der Waals surface area contributed by atoms with E-state index >= 15 is 0 Å². The Labute approximate surface area is 170 Å². The Morgan fingerprint density at radius 2 is 2.18 bits per heavy atom. The van der Waals surface area contributed by atoms with Gasteiger partial charge < -0.3 is 19.9 Å². The molecule has 6 nitrogen and oxygen atoms in total. The summed E-state index contributed by atoms with van der Waals surface area (Å²) in [5, 5.41) is 14.1. The van der Waals surface area contributed by atoms with Gasteiger partial charge in [-0.25, -0.2) is 0 Å². The third-order valence-corrected chi connectivity index (χ3v) is 5.82. The molecule has 4 rings (SSSR count). The van der Waals surface area contributed by atoms with Gasteiger partial charge in [-0.05, 0) is 41.9 Å². The number of aryl methyl sites for hydroxylation is 1. The number of likely N-dealkylation sites (tertiary alicyclic amines) is 1. The molecule has 2 N–H and O–H groups in total. The van der Waals surface area contributed by atoms with E-state index in [1.165, 1.54) is 0 Å². The van der Waals surface area contributed by atoms with Crippen molar-refractivity contribution in [2.24, 2.45) is 0 Å². The molecule has 2 aromatic rings. The van der Waals surface area contributed by atoms with Crippen molar-refractivity contribution in [1.82, 2.24) is 9.88 Å². The minimum absolute atomic E-state index is 0.159. The van der Waals surface area contributed by atoms with Crippen molar-refractivity contribution in [1.29, 1.82) is 0 Å². The number of halogens is 1. The number of hydrogen-bond acceptors (Lipinski definition) is 5. The van der Waals surface area contributed by atoms with Crippen LogP contribution >= 0.6 is 11.6 Å². The lowest BCUT2D eigenvalue weighted by Crippen LogP contribution is -2.42. The Morgan fingerprint density at radius 1 is 1.36 bits per heavy atom. The first kappa shape index (κ1) is 19.2. The lowest BCUT2D eigenvalue weighted by Gasteiger charge is -2.33. The first-order valence-electron chi connectivity index (χ1n) is 9.66. The fraction of sp³-hybridized carbons (Fsp3) is 0.400. The molecule has 1 fully saturated rings. The molecule has 0 radical (unpaired) electrons. The molecular formula is C20H23BClN3O3. The van der Waals surface area contributed by atoms with Crippen LogP contribution in [-0.2, 0) is 22.5 Å². The maximum absolute atomic E-state index is 12.7. The van der Waals surface area contributed by atoms with Crippen molar-refractivity contribution in [2.45, 2.75) is 38.3 Å². The number of aromatic nitrogens is 1. The molecule has 3 heterocycles. The first-order valence-corrected chi connectivity index (χ1v) is 10.0. The van der Waals surface area contributed by atoms with E-state index in [1.807, 2.05) is 29.2 Å². The number of nitrogens with zero attached hydrogens (tertiary/aromatic N) is 2. The maximum Gasteiger partial charge on any atom is 0.492 e. The molecule has 1 aromatic carbocycles. The van der Waals surface area contributed by atoms with Crippen molar-refractivity contribution >= 4 is 35.8 Å². The number of benzene rings is 1. The van der Waals surface area contributed by atoms with Crippen LogP contribution in [0.25, 0.3) is 0 Å². The number of hydrogen-bond donors (Lipinski definition) is 2. The highest BCUT2D eigenvalue weighted by atomic mass is 35.5. The van der Waals surface area contributed by atoms with Gasteiger partial charge in [-0.2, -0.15) is 0 Å². The topological polar surface area (TPSA) is 74.7 Å². The van der Waals surface area contributed by atoms with Crippen LogP contribution in [0.3, 0.4) is 0 Å². The molecule has 1 amide bonds. The number of piperidine rings is 1. The van der Waals surface area contributed by atoms with Gasteiger partial charge >= 0.3 is 7.12 Å². The highest BCUT2D eigenvalue weighted by Gasteiger charge is 2.30. The van der Waals surface area contributed by atoms with Gasteiger partial charge in [0.2, 0.25) is 5.91 Å². The SMILES string of the molecule is O=C(CCc1cccc2c1B(O)OC2)N1CCC(Nc2ccncc2Cl)CC1. The highest BCUT2D eigenvalue weighted by molar-refractivity contribution is 6.62. The minimum atomic E-state index is -0.872. The van der Waals surface area contributed by atoms with Gasteiger partial charge in [-0.3, -0.25) is 9.78 Å². The molecule has 0 atom stereocenters. The average Bonchev–Trinajstić information content (AvgIpc) is 3.10. The molecular weight excluding hydrogens is 377 g/mol. The molecule has 0 unspecified atom stereocenters. The summed E-state index contributed by atoms with van der Waals surface area (Å²) < 4.78 is 5.30. The van der Waals surface area contributed by atoms with E-state index in [9.17, 15) is 9.82 Å². The molecule has 146 valence electrons. The fourth-order valence-electron chi connectivity index (χ4n) is 3.96. The van der Waals surface area contributed by atoms with Crippen LogP contribution in [0.5, 0.6) is 0 Å². The molecule has 0 aliphatic carbocycles. The molecule has 1 saturated heterocycles. The van der Waals surface area contributed by atoms with Crippen LogP contribution in [0.15, 0.2) is 36.7 Å². The van der Waals surface area contributed by atoms with Gasteiger partial charge in [0.1, 0.15) is 0 Å². The largest absolute Gasteiger partial charge is 0.492 e. The Hall–Kier alpha value is -2.09. The van der Waals surface area contributed by atoms with Crippen molar-refractivity contribution < 1.29 is 14.5 Å². The Morgan fingerprint density at radius 3 is 2.96 bits per heavy atom. The fourth-order valence-corrected chi connectivity index (χ4v) is 4.14. The van der Waals surface area contributed by atoms with E-state index < -0.39 is 7.12 Å². The zero-order valence-corrected chi connectivity index (χ0v) is 16.4. The van der Waals surface area contributed by atoms with E-state index in [4.69, 9.17) is 16.3 Å². The molecule has 2 aliphatic heterocycles. The monoisotopic (exact) mass is 399 g/mol. The Bertz CT molecular complexity index is 858. The van der Waals surface area contributed by atoms with E-state index in [1.54, 1.807) is 12.4 Å². The predicted octanol–water partition coefficient (Wildman–Crippen LogP) is 1.99. The number of amides is 1. The van der Waals surface area contributed by atoms with Crippen LogP contribution < -0.4 is 10.8 Å². The summed E-state index contributed by atoms with van der Waals surface area (Å²) in [6.07, 6.45) is 6.18. The van der Waals surface area contributed by atoms with Crippen LogP contribution in [0.1, 0.15) is 30.4 Å². The second-order valence-corrected chi connectivity index (χ2v) is 7.72. The summed E-state index contributed by atoms with van der Waals surface area (Å²) in [5.41, 5.74) is 3.74. The van der Waals surface area contributed by atoms with Crippen LogP contribution in [0.2, 0.25) is 5.02 Å². The van der Waals surface area contributed by atoms with E-state index in [2.05, 4.69) is 10.3 Å². The third-order valence-electron chi connectivity index (χ3n) is 5.52. The standard InChI is InChI=1S/C20H23BClN3O3/c22-17-12-23-9-6-18(17)24-16-7-10-25(11-8-16)19(26)5-4-14-2-1-3-15-13-28-21(27)20(14)15/h1-3,6,9,12,16,27H,4-5,7-8,10-11,13H2,(H,23,24). The Balaban J connectivity index is 1.28. The van der Waals surface area contributed by atoms with Gasteiger partial charge in [0, 0.05) is 37.9 Å². The number of fused-ring (bicyclic) bond motifs is 1. The number of nitrogens with one attached hydrogen (secondary N) is 1. The molecule has 28 heavy (non-hydrogen) atoms. The second-order valence-electron chi connectivity index (χ2n) is 7.31. The smallest absolute Gasteiger partial charge is 0.423 e. The number of rotatable bonds is 5. The summed E-state index contributed by atoms with van der Waals surface area (Å²) in [4.78, 5) is 18.6. The van der Waals surface area contributed by atoms with Crippen molar-refractivity contribution in [3.8, 4) is 0 Å². The van der Waals surface area contributed by atoms with Crippen molar-refractivity contribution in [3.63, 3.8) is 0 Å². The van der Waals surface area contributed by atoms with Crippen LogP contribution in [0.4, 0.5) is 5.69 Å². The summed E-state index contributed by atoms with van der Waals surface area (Å²) in [7, 11) is -0.872. The highest BCUT2D eigenvalue weighted by Crippen LogP contribution is 2.23. The lowest BCUT2D eigenvalue weighted by molar-refractivity contribution is -0.132. The molecule has 0 bridgehead atoms. The number of pyridine rings is 1. The molecule has 0 saturated carbocycles. The van der Waals surface area contributed by atoms with Gasteiger partial charge in [0.15, 0.2) is 0 Å². The summed E-state index contributed by atoms with van der Waals surface area (Å²) in [6, 6.07) is 8.06. The van der Waals surface area contributed by atoms with Gasteiger partial charge in [-0.15, -0.1) is 0 Å². The second kappa shape index (κ2) is 8.51. The van der Waals surface area contributed by atoms with Crippen LogP contribution in [-0.4, -0.2) is 47.1 Å². The van der Waals surface area contributed by atoms with E-state index in [0.29, 0.717) is 30.5 Å². The van der Waals surface area contributed by atoms with Gasteiger partial charge in [0.25, 0.3) is 0 Å². The maximum atomic E-state index is 12.7. The van der Waals surface area contributed by atoms with Gasteiger partial charge in [-0.1, -0.05) is 29.8 Å². The van der Waals surface area contributed by atoms with E-state index in [0.717, 1.165) is 48.2 Å². The molecule has 1 aromatic heterocycles. The number of carbonyl (C=O) groups is 1. The van der Waals surface area contributed by atoms with Crippen molar-refractivity contribution in [3.05, 3.63) is 52.8 Å². The quantitative estimate of drug-likeness (QED) is 0.752. The molecule has 2 aliphatic rings. The predicted molar refractivity (Wildman–Crippen MR) is 110 cm³/mol. The zero-order chi connectivity index (χ0) is 19.5. The summed E-state index contributed by atoms with van der Waals surface area (Å²) in [6.45, 7) is 1.90. The van der Waals surface area contributed by atoms with Gasteiger partial charge in [0.05, 0.1) is 17.3 Å². The van der Waals surface area contributed by atoms with Crippen LogP contribution in [0, 0.1) is 0 Å². The lowest BCUT2D eigenvalue weighted by atomic mass is 9.75. The Kier molecular flexibility index (Phi) is 5.85. The minimum Gasteiger partial charge on any atom is -0.423 e. The number of carbonyl (C=O) groups excluding carboxylic acids is 1. The number of anilines is 1. The molecule has 0 spiro atoms. The summed E-state index contributed by atoms with van der Waals surface area (Å²) >= 11 is 6.16. The zero-order valence-electron chi connectivity index (χ0n) is 15.6. The van der Waals surface area contributed by atoms with Crippen molar-refractivity contribution in [2.75, 3.05) is 18.4 Å².